The van der Waals surface area contributed by atoms with Crippen molar-refractivity contribution in [3.05, 3.63) is 23.4 Å². The molecule has 0 radical (unpaired) electrons. The van der Waals surface area contributed by atoms with E-state index in [1.165, 1.54) is 25.7 Å². The summed E-state index contributed by atoms with van der Waals surface area (Å²) in [6, 6.07) is 3.75. The fourth-order valence-corrected chi connectivity index (χ4v) is 3.02. The Morgan fingerprint density at radius 3 is 2.76 bits per heavy atom. The van der Waals surface area contributed by atoms with E-state index in [9.17, 15) is 4.79 Å². The van der Waals surface area contributed by atoms with Crippen molar-refractivity contribution in [3.63, 3.8) is 0 Å². The SMILES string of the molecule is CCCNc1cc(C(=O)N(C)CC2CCCC2)cc(C)n1. The summed E-state index contributed by atoms with van der Waals surface area (Å²) >= 11 is 0. The minimum Gasteiger partial charge on any atom is -0.370 e. The van der Waals surface area contributed by atoms with E-state index < -0.39 is 0 Å². The number of carbonyl (C=O) groups excluding carboxylic acids is 1. The van der Waals surface area contributed by atoms with Crippen molar-refractivity contribution < 1.29 is 4.79 Å². The molecule has 0 bridgehead atoms. The smallest absolute Gasteiger partial charge is 0.253 e. The van der Waals surface area contributed by atoms with Crippen LogP contribution in [-0.4, -0.2) is 35.9 Å². The molecule has 1 amide bonds. The molecular formula is C17H27N3O. The fourth-order valence-electron chi connectivity index (χ4n) is 3.02. The van der Waals surface area contributed by atoms with E-state index in [1.54, 1.807) is 0 Å². The highest BCUT2D eigenvalue weighted by Gasteiger charge is 2.20. The zero-order valence-corrected chi connectivity index (χ0v) is 13.5. The minimum atomic E-state index is 0.104. The Morgan fingerprint density at radius 2 is 2.10 bits per heavy atom. The summed E-state index contributed by atoms with van der Waals surface area (Å²) in [5.74, 6) is 1.58. The van der Waals surface area contributed by atoms with Crippen molar-refractivity contribution >= 4 is 11.7 Å². The van der Waals surface area contributed by atoms with Gasteiger partial charge in [-0.2, -0.15) is 0 Å². The lowest BCUT2D eigenvalue weighted by Gasteiger charge is -2.21. The van der Waals surface area contributed by atoms with E-state index in [-0.39, 0.29) is 5.91 Å². The lowest BCUT2D eigenvalue weighted by Crippen LogP contribution is -2.31. The molecule has 1 aliphatic carbocycles. The van der Waals surface area contributed by atoms with Gasteiger partial charge < -0.3 is 10.2 Å². The van der Waals surface area contributed by atoms with Gasteiger partial charge in [0.1, 0.15) is 5.82 Å². The molecule has 0 aromatic carbocycles. The van der Waals surface area contributed by atoms with Crippen LogP contribution in [0.3, 0.4) is 0 Å². The van der Waals surface area contributed by atoms with Gasteiger partial charge >= 0.3 is 0 Å². The number of carbonyl (C=O) groups is 1. The van der Waals surface area contributed by atoms with E-state index in [1.807, 2.05) is 31.0 Å². The first kappa shape index (κ1) is 15.8. The Labute approximate surface area is 127 Å². The molecule has 1 heterocycles. The molecule has 1 fully saturated rings. The number of aryl methyl sites for hydroxylation is 1. The van der Waals surface area contributed by atoms with Gasteiger partial charge in [0.2, 0.25) is 0 Å². The van der Waals surface area contributed by atoms with Gasteiger partial charge in [0, 0.05) is 31.4 Å². The predicted octanol–water partition coefficient (Wildman–Crippen LogP) is 3.47. The Bertz CT molecular complexity index is 481. The average Bonchev–Trinajstić information content (AvgIpc) is 2.96. The summed E-state index contributed by atoms with van der Waals surface area (Å²) in [7, 11) is 1.91. The van der Waals surface area contributed by atoms with Crippen LogP contribution in [0.15, 0.2) is 12.1 Å². The van der Waals surface area contributed by atoms with Crippen molar-refractivity contribution in [2.24, 2.45) is 5.92 Å². The van der Waals surface area contributed by atoms with E-state index in [0.29, 0.717) is 5.92 Å². The van der Waals surface area contributed by atoms with Gasteiger partial charge in [-0.1, -0.05) is 19.8 Å². The number of anilines is 1. The zero-order chi connectivity index (χ0) is 15.2. The summed E-state index contributed by atoms with van der Waals surface area (Å²) < 4.78 is 0. The first-order valence-corrected chi connectivity index (χ1v) is 8.08. The van der Waals surface area contributed by atoms with Crippen LogP contribution in [0.25, 0.3) is 0 Å². The van der Waals surface area contributed by atoms with Gasteiger partial charge in [-0.05, 0) is 44.2 Å². The molecule has 4 heteroatoms. The number of rotatable bonds is 6. The quantitative estimate of drug-likeness (QED) is 0.872. The molecule has 0 saturated heterocycles. The molecule has 1 aromatic heterocycles. The number of hydrogen-bond donors (Lipinski definition) is 1. The molecule has 1 N–H and O–H groups in total. The Hall–Kier alpha value is -1.58. The monoisotopic (exact) mass is 289 g/mol. The van der Waals surface area contributed by atoms with Gasteiger partial charge in [-0.3, -0.25) is 4.79 Å². The van der Waals surface area contributed by atoms with Crippen molar-refractivity contribution in [2.75, 3.05) is 25.5 Å². The number of nitrogens with one attached hydrogen (secondary N) is 1. The second-order valence-electron chi connectivity index (χ2n) is 6.15. The van der Waals surface area contributed by atoms with Crippen molar-refractivity contribution in [1.29, 1.82) is 0 Å². The Balaban J connectivity index is 2.04. The van der Waals surface area contributed by atoms with Crippen LogP contribution < -0.4 is 5.32 Å². The van der Waals surface area contributed by atoms with E-state index in [0.717, 1.165) is 36.6 Å². The summed E-state index contributed by atoms with van der Waals surface area (Å²) in [5.41, 5.74) is 1.62. The highest BCUT2D eigenvalue weighted by Crippen LogP contribution is 2.25. The second-order valence-corrected chi connectivity index (χ2v) is 6.15. The normalized spacial score (nSPS) is 15.2. The molecule has 1 saturated carbocycles. The van der Waals surface area contributed by atoms with Gasteiger partial charge in [0.05, 0.1) is 0 Å². The standard InChI is InChI=1S/C17H27N3O/c1-4-9-18-16-11-15(10-13(2)19-16)17(21)20(3)12-14-7-5-6-8-14/h10-11,14H,4-9,12H2,1-3H3,(H,18,19). The first-order valence-electron chi connectivity index (χ1n) is 8.08. The van der Waals surface area contributed by atoms with Crippen molar-refractivity contribution in [2.45, 2.75) is 46.0 Å². The number of pyridine rings is 1. The highest BCUT2D eigenvalue weighted by molar-refractivity contribution is 5.94. The third-order valence-electron chi connectivity index (χ3n) is 4.11. The lowest BCUT2D eigenvalue weighted by atomic mass is 10.1. The molecule has 4 nitrogen and oxygen atoms in total. The van der Waals surface area contributed by atoms with Gasteiger partial charge in [0.25, 0.3) is 5.91 Å². The maximum Gasteiger partial charge on any atom is 0.253 e. The average molecular weight is 289 g/mol. The molecule has 1 aromatic rings. The number of amides is 1. The Morgan fingerprint density at radius 1 is 1.38 bits per heavy atom. The third-order valence-corrected chi connectivity index (χ3v) is 4.11. The molecule has 0 atom stereocenters. The summed E-state index contributed by atoms with van der Waals surface area (Å²) in [5, 5.41) is 3.26. The minimum absolute atomic E-state index is 0.104. The summed E-state index contributed by atoms with van der Waals surface area (Å²) in [4.78, 5) is 18.9. The van der Waals surface area contributed by atoms with E-state index in [2.05, 4.69) is 17.2 Å². The van der Waals surface area contributed by atoms with E-state index in [4.69, 9.17) is 0 Å². The molecular weight excluding hydrogens is 262 g/mol. The van der Waals surface area contributed by atoms with Gasteiger partial charge in [-0.15, -0.1) is 0 Å². The van der Waals surface area contributed by atoms with Gasteiger partial charge in [-0.25, -0.2) is 4.98 Å². The lowest BCUT2D eigenvalue weighted by molar-refractivity contribution is 0.0773. The highest BCUT2D eigenvalue weighted by atomic mass is 16.2. The zero-order valence-electron chi connectivity index (χ0n) is 13.5. The molecule has 2 rings (SSSR count). The molecule has 0 unspecified atom stereocenters. The summed E-state index contributed by atoms with van der Waals surface area (Å²) in [6.45, 7) is 5.80. The fraction of sp³-hybridized carbons (Fsp3) is 0.647. The first-order chi connectivity index (χ1) is 10.1. The number of hydrogen-bond acceptors (Lipinski definition) is 3. The largest absolute Gasteiger partial charge is 0.370 e. The molecule has 21 heavy (non-hydrogen) atoms. The Kier molecular flexibility index (Phi) is 5.59. The molecule has 1 aliphatic rings. The van der Waals surface area contributed by atoms with Crippen LogP contribution >= 0.6 is 0 Å². The molecule has 116 valence electrons. The van der Waals surface area contributed by atoms with Crippen LogP contribution in [0.1, 0.15) is 55.1 Å². The van der Waals surface area contributed by atoms with Crippen LogP contribution in [0.5, 0.6) is 0 Å². The van der Waals surface area contributed by atoms with Crippen LogP contribution in [0.2, 0.25) is 0 Å². The number of nitrogens with zero attached hydrogens (tertiary/aromatic N) is 2. The molecule has 0 aliphatic heterocycles. The summed E-state index contributed by atoms with van der Waals surface area (Å²) in [6.07, 6.45) is 6.19. The number of aromatic nitrogens is 1. The maximum atomic E-state index is 12.6. The predicted molar refractivity (Wildman–Crippen MR) is 86.7 cm³/mol. The topological polar surface area (TPSA) is 45.2 Å². The van der Waals surface area contributed by atoms with Crippen LogP contribution in [0.4, 0.5) is 5.82 Å². The van der Waals surface area contributed by atoms with Crippen LogP contribution in [0, 0.1) is 12.8 Å². The molecule has 0 spiro atoms. The van der Waals surface area contributed by atoms with Crippen molar-refractivity contribution in [1.82, 2.24) is 9.88 Å². The third kappa shape index (κ3) is 4.45. The van der Waals surface area contributed by atoms with Crippen LogP contribution in [-0.2, 0) is 0 Å². The van der Waals surface area contributed by atoms with Gasteiger partial charge in [0.15, 0.2) is 0 Å². The second kappa shape index (κ2) is 7.43. The maximum absolute atomic E-state index is 12.6. The van der Waals surface area contributed by atoms with E-state index >= 15 is 0 Å². The van der Waals surface area contributed by atoms with Crippen molar-refractivity contribution in [3.8, 4) is 0 Å².